The van der Waals surface area contributed by atoms with Gasteiger partial charge in [-0.15, -0.1) is 0 Å². The van der Waals surface area contributed by atoms with Gasteiger partial charge in [-0.05, 0) is 64.0 Å². The predicted octanol–water partition coefficient (Wildman–Crippen LogP) is 5.62. The smallest absolute Gasteiger partial charge is 0.410 e. The number of fused-ring (bicyclic) bond motifs is 3. The lowest BCUT2D eigenvalue weighted by Gasteiger charge is -2.43. The SMILES string of the molecule is CN(c1nc(OC[C@@]23CCCN2C[C@H](F)C3)nc2c(F)c(-c3cccc4cccc(Cl)c34)ncc12)[C@@H]1CCN(C(=O)C#CC2(O)CN(C(=O)OC(C)(C)C)C2)C1. The van der Waals surface area contributed by atoms with Crippen LogP contribution >= 0.6 is 11.6 Å². The zero-order valence-electron chi connectivity index (χ0n) is 31.8. The summed E-state index contributed by atoms with van der Waals surface area (Å²) in [5, 5.41) is 13.1. The van der Waals surface area contributed by atoms with Crippen LogP contribution in [0.1, 0.15) is 46.5 Å². The van der Waals surface area contributed by atoms with Gasteiger partial charge in [0, 0.05) is 61.3 Å². The molecule has 0 saturated carbocycles. The van der Waals surface area contributed by atoms with Crippen molar-refractivity contribution in [3.63, 3.8) is 0 Å². The molecule has 12 nitrogen and oxygen atoms in total. The standard InChI is InChI=1S/C41H44ClF2N7O5/c1-39(2,3)56-38(53)50-22-41(54,23-50)15-12-31(52)49-17-13-27(21-49)48(4)36-29-19-45-34(28-10-5-8-25-9-6-11-30(42)32(25)28)33(44)35(29)46-37(47-36)55-24-40-14-7-16-51(40)20-26(43)18-40/h5-6,8-11,19,26-27,54H,7,13-14,16-18,20-24H2,1-4H3/t26-,27-,40+/m1/s1. The minimum atomic E-state index is -1.51. The van der Waals surface area contributed by atoms with Crippen molar-refractivity contribution in [2.24, 2.45) is 0 Å². The fourth-order valence-electron chi connectivity index (χ4n) is 8.47. The zero-order chi connectivity index (χ0) is 39.6. The van der Waals surface area contributed by atoms with Crippen LogP contribution in [0.15, 0.2) is 42.6 Å². The van der Waals surface area contributed by atoms with E-state index in [4.69, 9.17) is 26.1 Å². The number of ether oxygens (including phenoxy) is 2. The number of halogens is 3. The van der Waals surface area contributed by atoms with Crippen LogP contribution in [0.25, 0.3) is 32.9 Å². The van der Waals surface area contributed by atoms with E-state index in [1.165, 1.54) is 4.90 Å². The van der Waals surface area contributed by atoms with Gasteiger partial charge < -0.3 is 29.3 Å². The maximum Gasteiger partial charge on any atom is 0.410 e. The summed E-state index contributed by atoms with van der Waals surface area (Å²) in [7, 11) is 1.82. The summed E-state index contributed by atoms with van der Waals surface area (Å²) in [6.45, 7) is 7.13. The first-order valence-corrected chi connectivity index (χ1v) is 19.3. The molecule has 3 atom stereocenters. The largest absolute Gasteiger partial charge is 0.461 e. The van der Waals surface area contributed by atoms with E-state index in [1.54, 1.807) is 44.0 Å². The number of rotatable bonds is 6. The van der Waals surface area contributed by atoms with Crippen LogP contribution in [0.2, 0.25) is 5.02 Å². The van der Waals surface area contributed by atoms with Crippen LogP contribution in [-0.2, 0) is 9.53 Å². The Labute approximate surface area is 328 Å². The molecule has 2 aromatic carbocycles. The lowest BCUT2D eigenvalue weighted by atomic mass is 9.95. The molecule has 15 heteroatoms. The highest BCUT2D eigenvalue weighted by Gasteiger charge is 2.49. The van der Waals surface area contributed by atoms with Gasteiger partial charge in [-0.1, -0.05) is 47.9 Å². The lowest BCUT2D eigenvalue weighted by Crippen LogP contribution is -2.63. The summed E-state index contributed by atoms with van der Waals surface area (Å²) in [6, 6.07) is 10.7. The predicted molar refractivity (Wildman–Crippen MR) is 208 cm³/mol. The van der Waals surface area contributed by atoms with Gasteiger partial charge in [0.25, 0.3) is 5.91 Å². The maximum atomic E-state index is 16.9. The van der Waals surface area contributed by atoms with E-state index in [1.807, 2.05) is 36.2 Å². The van der Waals surface area contributed by atoms with E-state index in [0.717, 1.165) is 24.8 Å². The molecule has 2 aromatic heterocycles. The van der Waals surface area contributed by atoms with Gasteiger partial charge in [0.2, 0.25) is 0 Å². The van der Waals surface area contributed by atoms with Crippen molar-refractivity contribution in [3.8, 4) is 29.1 Å². The summed E-state index contributed by atoms with van der Waals surface area (Å²) in [6.07, 6.45) is 2.68. The number of anilines is 1. The van der Waals surface area contributed by atoms with Crippen molar-refractivity contribution >= 4 is 51.1 Å². The average molecular weight is 788 g/mol. The Morgan fingerprint density at radius 1 is 1.11 bits per heavy atom. The number of pyridine rings is 1. The Bertz CT molecular complexity index is 2280. The number of alkyl halides is 1. The summed E-state index contributed by atoms with van der Waals surface area (Å²) in [5.74, 6) is 4.46. The van der Waals surface area contributed by atoms with Crippen LogP contribution in [0, 0.1) is 17.7 Å². The van der Waals surface area contributed by atoms with E-state index in [2.05, 4.69) is 26.7 Å². The summed E-state index contributed by atoms with van der Waals surface area (Å²) in [4.78, 5) is 46.5. The van der Waals surface area contributed by atoms with E-state index in [0.29, 0.717) is 53.1 Å². The number of carbonyl (C=O) groups is 2. The highest BCUT2D eigenvalue weighted by atomic mass is 35.5. The Balaban J connectivity index is 1.06. The van der Waals surface area contributed by atoms with Gasteiger partial charge in [0.15, 0.2) is 11.4 Å². The van der Waals surface area contributed by atoms with Crippen molar-refractivity contribution < 1.29 is 33.0 Å². The minimum absolute atomic E-state index is 0.00689. The molecule has 0 unspecified atom stereocenters. The molecule has 56 heavy (non-hydrogen) atoms. The third kappa shape index (κ3) is 7.16. The van der Waals surface area contributed by atoms with Crippen LogP contribution in [0.5, 0.6) is 6.01 Å². The number of hydrogen-bond acceptors (Lipinski definition) is 10. The first-order chi connectivity index (χ1) is 26.6. The van der Waals surface area contributed by atoms with Crippen molar-refractivity contribution in [3.05, 3.63) is 53.4 Å². The normalized spacial score (nSPS) is 23.1. The molecule has 0 bridgehead atoms. The van der Waals surface area contributed by atoms with Gasteiger partial charge in [0.05, 0.1) is 24.0 Å². The molecular formula is C41H44ClF2N7O5. The monoisotopic (exact) mass is 787 g/mol. The number of hydrogen-bond donors (Lipinski definition) is 1. The summed E-state index contributed by atoms with van der Waals surface area (Å²) in [5.41, 5.74) is -2.06. The van der Waals surface area contributed by atoms with Gasteiger partial charge in [0.1, 0.15) is 35.4 Å². The van der Waals surface area contributed by atoms with Crippen LogP contribution in [0.4, 0.5) is 19.4 Å². The average Bonchev–Trinajstić information content (AvgIpc) is 3.86. The molecular weight excluding hydrogens is 744 g/mol. The summed E-state index contributed by atoms with van der Waals surface area (Å²) >= 11 is 6.63. The molecule has 8 rings (SSSR count). The van der Waals surface area contributed by atoms with Gasteiger partial charge in [-0.25, -0.2) is 13.6 Å². The molecule has 2 amide bonds. The molecule has 4 aliphatic rings. The molecule has 4 aromatic rings. The minimum Gasteiger partial charge on any atom is -0.461 e. The molecule has 0 aliphatic carbocycles. The third-order valence-corrected chi connectivity index (χ3v) is 11.6. The molecule has 4 fully saturated rings. The second-order valence-corrected chi connectivity index (χ2v) is 16.9. The van der Waals surface area contributed by atoms with E-state index >= 15 is 4.39 Å². The van der Waals surface area contributed by atoms with Crippen molar-refractivity contribution in [2.75, 3.05) is 57.8 Å². The number of β-amino-alcohol motifs (C(OH)–C–C–N with tert-alkyl or cyclic N) is 1. The quantitative estimate of drug-likeness (QED) is 0.247. The topological polar surface area (TPSA) is 124 Å². The second-order valence-electron chi connectivity index (χ2n) is 16.4. The Hall–Kier alpha value is -4.84. The van der Waals surface area contributed by atoms with E-state index in [9.17, 15) is 19.1 Å². The lowest BCUT2D eigenvalue weighted by molar-refractivity contribution is -0.124. The number of likely N-dealkylation sites (tertiary alicyclic amines) is 2. The first kappa shape index (κ1) is 38.1. The number of benzene rings is 2. The molecule has 294 valence electrons. The van der Waals surface area contributed by atoms with Crippen LogP contribution < -0.4 is 9.64 Å². The third-order valence-electron chi connectivity index (χ3n) is 11.3. The summed E-state index contributed by atoms with van der Waals surface area (Å²) < 4.78 is 43.1. The second kappa shape index (κ2) is 14.3. The van der Waals surface area contributed by atoms with Crippen molar-refractivity contribution in [1.29, 1.82) is 0 Å². The molecule has 1 N–H and O–H groups in total. The molecule has 6 heterocycles. The highest BCUT2D eigenvalue weighted by Crippen LogP contribution is 2.41. The zero-order valence-corrected chi connectivity index (χ0v) is 32.6. The number of amides is 2. The fraction of sp³-hybridized carbons (Fsp3) is 0.488. The maximum absolute atomic E-state index is 16.9. The van der Waals surface area contributed by atoms with Crippen molar-refractivity contribution in [2.45, 2.75) is 75.4 Å². The number of nitrogens with zero attached hydrogens (tertiary/aromatic N) is 7. The number of carbonyl (C=O) groups excluding carboxylic acids is 2. The highest BCUT2D eigenvalue weighted by molar-refractivity contribution is 6.36. The van der Waals surface area contributed by atoms with Crippen LogP contribution in [-0.4, -0.2) is 129 Å². The molecule has 4 aliphatic heterocycles. The molecule has 0 spiro atoms. The first-order valence-electron chi connectivity index (χ1n) is 18.9. The fourth-order valence-corrected chi connectivity index (χ4v) is 8.75. The van der Waals surface area contributed by atoms with Crippen molar-refractivity contribution in [1.82, 2.24) is 29.7 Å². The van der Waals surface area contributed by atoms with Gasteiger partial charge in [-0.3, -0.25) is 14.7 Å². The Morgan fingerprint density at radius 3 is 2.64 bits per heavy atom. The number of aliphatic hydroxyl groups is 1. The van der Waals surface area contributed by atoms with Gasteiger partial charge >= 0.3 is 12.1 Å². The number of likely N-dealkylation sites (N-methyl/N-ethyl adjacent to an activating group) is 1. The van der Waals surface area contributed by atoms with Gasteiger partial charge in [-0.2, -0.15) is 9.97 Å². The Kier molecular flexibility index (Phi) is 9.70. The molecule has 4 saturated heterocycles. The Morgan fingerprint density at radius 2 is 1.88 bits per heavy atom. The molecule has 0 radical (unpaired) electrons. The van der Waals surface area contributed by atoms with E-state index in [-0.39, 0.29) is 49.5 Å². The van der Waals surface area contributed by atoms with E-state index < -0.39 is 40.7 Å². The number of aromatic nitrogens is 3. The van der Waals surface area contributed by atoms with Crippen LogP contribution in [0.3, 0.4) is 0 Å².